The van der Waals surface area contributed by atoms with Gasteiger partial charge in [-0.25, -0.2) is 0 Å². The van der Waals surface area contributed by atoms with Crippen LogP contribution in [0.3, 0.4) is 0 Å². The number of amides is 2. The van der Waals surface area contributed by atoms with E-state index in [4.69, 9.17) is 4.74 Å². The number of rotatable bonds is 6. The second-order valence-corrected chi connectivity index (χ2v) is 7.32. The first kappa shape index (κ1) is 21.2. The van der Waals surface area contributed by atoms with Crippen molar-refractivity contribution in [2.45, 2.75) is 12.5 Å². The van der Waals surface area contributed by atoms with Crippen LogP contribution in [0.25, 0.3) is 0 Å². The summed E-state index contributed by atoms with van der Waals surface area (Å²) in [4.78, 5) is 35.5. The van der Waals surface area contributed by atoms with Gasteiger partial charge in [-0.3, -0.25) is 19.7 Å². The van der Waals surface area contributed by atoms with Crippen molar-refractivity contribution in [3.05, 3.63) is 105 Å². The zero-order valence-corrected chi connectivity index (χ0v) is 17.1. The number of nitro benzene ring substituents is 1. The van der Waals surface area contributed by atoms with Crippen LogP contribution in [-0.2, 0) is 11.2 Å². The third-order valence-corrected chi connectivity index (χ3v) is 5.29. The molecular weight excluding hydrogens is 410 g/mol. The number of hydrogen-bond donors (Lipinski definition) is 2. The Hall–Kier alpha value is -4.04. The largest absolute Gasteiger partial charge is 0.371 e. The molecule has 3 aromatic rings. The van der Waals surface area contributed by atoms with Crippen LogP contribution in [-0.4, -0.2) is 29.9 Å². The summed E-state index contributed by atoms with van der Waals surface area (Å²) in [6.07, 6.45) is 0.670. The van der Waals surface area contributed by atoms with E-state index in [1.807, 2.05) is 18.2 Å². The quantitative estimate of drug-likeness (QED) is 0.454. The zero-order chi connectivity index (χ0) is 22.5. The van der Waals surface area contributed by atoms with Crippen LogP contribution in [0.1, 0.15) is 37.9 Å². The molecule has 0 radical (unpaired) electrons. The Morgan fingerprint density at radius 1 is 0.969 bits per heavy atom. The van der Waals surface area contributed by atoms with Crippen LogP contribution in [0.4, 0.5) is 11.4 Å². The number of fused-ring (bicyclic) bond motifs is 1. The van der Waals surface area contributed by atoms with E-state index in [0.717, 1.165) is 12.0 Å². The lowest BCUT2D eigenvalue weighted by atomic mass is 9.97. The second-order valence-electron chi connectivity index (χ2n) is 7.32. The number of ether oxygens (including phenoxy) is 1. The van der Waals surface area contributed by atoms with Gasteiger partial charge in [-0.15, -0.1) is 0 Å². The number of para-hydroxylation sites is 1. The molecule has 162 valence electrons. The molecule has 0 aromatic heterocycles. The van der Waals surface area contributed by atoms with Gasteiger partial charge in [0, 0.05) is 23.9 Å². The van der Waals surface area contributed by atoms with Crippen molar-refractivity contribution in [2.75, 3.05) is 18.5 Å². The molecule has 2 amide bonds. The number of nitro groups is 1. The van der Waals surface area contributed by atoms with Gasteiger partial charge in [-0.2, -0.15) is 0 Å². The van der Waals surface area contributed by atoms with Gasteiger partial charge in [0.2, 0.25) is 0 Å². The SMILES string of the molecule is O=C(NCC1OCCc2ccccc21)c1ccc(NC(=O)c2ccccc2[N+](=O)[O-])cc1. The van der Waals surface area contributed by atoms with Gasteiger partial charge in [-0.05, 0) is 47.9 Å². The molecule has 0 aliphatic carbocycles. The fourth-order valence-electron chi connectivity index (χ4n) is 3.66. The average molecular weight is 431 g/mol. The molecule has 1 aliphatic heterocycles. The number of benzene rings is 3. The van der Waals surface area contributed by atoms with E-state index >= 15 is 0 Å². The van der Waals surface area contributed by atoms with Crippen molar-refractivity contribution in [2.24, 2.45) is 0 Å². The summed E-state index contributed by atoms with van der Waals surface area (Å²) in [5.74, 6) is -0.851. The highest BCUT2D eigenvalue weighted by Gasteiger charge is 2.22. The van der Waals surface area contributed by atoms with Crippen LogP contribution in [0, 0.1) is 10.1 Å². The normalized spacial score (nSPS) is 14.8. The molecule has 1 aliphatic rings. The summed E-state index contributed by atoms with van der Waals surface area (Å²) in [5, 5.41) is 16.6. The monoisotopic (exact) mass is 431 g/mol. The summed E-state index contributed by atoms with van der Waals surface area (Å²) in [5.41, 5.74) is 2.87. The highest BCUT2D eigenvalue weighted by molar-refractivity contribution is 6.07. The second kappa shape index (κ2) is 9.40. The summed E-state index contributed by atoms with van der Waals surface area (Å²) in [7, 11) is 0. The predicted molar refractivity (Wildman–Crippen MR) is 119 cm³/mol. The molecule has 1 heterocycles. The van der Waals surface area contributed by atoms with Gasteiger partial charge < -0.3 is 15.4 Å². The zero-order valence-electron chi connectivity index (χ0n) is 17.1. The van der Waals surface area contributed by atoms with Crippen molar-refractivity contribution in [1.29, 1.82) is 0 Å². The molecule has 4 rings (SSSR count). The topological polar surface area (TPSA) is 111 Å². The lowest BCUT2D eigenvalue weighted by Gasteiger charge is -2.26. The minimum absolute atomic E-state index is 0.0351. The molecule has 1 atom stereocenters. The lowest BCUT2D eigenvalue weighted by Crippen LogP contribution is -2.31. The van der Waals surface area contributed by atoms with Crippen molar-refractivity contribution < 1.29 is 19.2 Å². The Kier molecular flexibility index (Phi) is 6.23. The molecule has 0 bridgehead atoms. The number of carbonyl (C=O) groups is 2. The first-order valence-corrected chi connectivity index (χ1v) is 10.2. The van der Waals surface area contributed by atoms with Crippen molar-refractivity contribution in [1.82, 2.24) is 5.32 Å². The fraction of sp³-hybridized carbons (Fsp3) is 0.167. The highest BCUT2D eigenvalue weighted by Crippen LogP contribution is 2.26. The summed E-state index contributed by atoms with van der Waals surface area (Å²) in [6.45, 7) is 0.970. The maximum Gasteiger partial charge on any atom is 0.282 e. The fourth-order valence-corrected chi connectivity index (χ4v) is 3.66. The minimum atomic E-state index is -0.600. The van der Waals surface area contributed by atoms with Gasteiger partial charge >= 0.3 is 0 Å². The van der Waals surface area contributed by atoms with Crippen LogP contribution in [0.5, 0.6) is 0 Å². The first-order chi connectivity index (χ1) is 15.5. The van der Waals surface area contributed by atoms with Gasteiger partial charge in [0.15, 0.2) is 0 Å². The maximum absolute atomic E-state index is 12.5. The molecule has 8 heteroatoms. The summed E-state index contributed by atoms with van der Waals surface area (Å²) < 4.78 is 5.81. The highest BCUT2D eigenvalue weighted by atomic mass is 16.6. The van der Waals surface area contributed by atoms with Crippen LogP contribution in [0.15, 0.2) is 72.8 Å². The summed E-state index contributed by atoms with van der Waals surface area (Å²) in [6, 6.07) is 20.1. The number of nitrogens with one attached hydrogen (secondary N) is 2. The van der Waals surface area contributed by atoms with Crippen molar-refractivity contribution in [3.8, 4) is 0 Å². The molecule has 0 saturated heterocycles. The lowest BCUT2D eigenvalue weighted by molar-refractivity contribution is -0.385. The van der Waals surface area contributed by atoms with Gasteiger partial charge in [0.25, 0.3) is 17.5 Å². The molecule has 0 spiro atoms. The Morgan fingerprint density at radius 3 is 2.47 bits per heavy atom. The Bertz CT molecular complexity index is 1160. The van der Waals surface area contributed by atoms with E-state index in [9.17, 15) is 19.7 Å². The van der Waals surface area contributed by atoms with E-state index in [0.29, 0.717) is 24.4 Å². The molecule has 3 aromatic carbocycles. The van der Waals surface area contributed by atoms with Gasteiger partial charge in [0.1, 0.15) is 11.7 Å². The molecule has 1 unspecified atom stereocenters. The Morgan fingerprint density at radius 2 is 1.69 bits per heavy atom. The predicted octanol–water partition coefficient (Wildman–Crippen LogP) is 3.89. The van der Waals surface area contributed by atoms with Crippen LogP contribution < -0.4 is 10.6 Å². The molecule has 32 heavy (non-hydrogen) atoms. The van der Waals surface area contributed by atoms with E-state index in [-0.39, 0.29) is 23.3 Å². The standard InChI is InChI=1S/C24H21N3O5/c28-23(25-15-22-19-6-2-1-5-16(19)13-14-32-22)17-9-11-18(12-10-17)26-24(29)20-7-3-4-8-21(20)27(30)31/h1-12,22H,13-15H2,(H,25,28)(H,26,29). The van der Waals surface area contributed by atoms with Crippen LogP contribution in [0.2, 0.25) is 0 Å². The molecule has 2 N–H and O–H groups in total. The minimum Gasteiger partial charge on any atom is -0.371 e. The molecular formula is C24H21N3O5. The maximum atomic E-state index is 12.5. The Labute approximate surface area is 184 Å². The number of hydrogen-bond acceptors (Lipinski definition) is 5. The number of carbonyl (C=O) groups excluding carboxylic acids is 2. The van der Waals surface area contributed by atoms with E-state index < -0.39 is 10.8 Å². The van der Waals surface area contributed by atoms with E-state index in [1.165, 1.54) is 23.8 Å². The first-order valence-electron chi connectivity index (χ1n) is 10.2. The molecule has 0 fully saturated rings. The summed E-state index contributed by atoms with van der Waals surface area (Å²) >= 11 is 0. The van der Waals surface area contributed by atoms with Gasteiger partial charge in [0.05, 0.1) is 11.5 Å². The average Bonchev–Trinajstić information content (AvgIpc) is 2.83. The van der Waals surface area contributed by atoms with Gasteiger partial charge in [-0.1, -0.05) is 36.4 Å². The Balaban J connectivity index is 1.37. The van der Waals surface area contributed by atoms with E-state index in [2.05, 4.69) is 16.7 Å². The third kappa shape index (κ3) is 4.65. The third-order valence-electron chi connectivity index (χ3n) is 5.29. The number of anilines is 1. The van der Waals surface area contributed by atoms with Crippen molar-refractivity contribution >= 4 is 23.2 Å². The van der Waals surface area contributed by atoms with Crippen LogP contribution >= 0.6 is 0 Å². The molecule has 0 saturated carbocycles. The number of nitrogens with zero attached hydrogens (tertiary/aromatic N) is 1. The van der Waals surface area contributed by atoms with E-state index in [1.54, 1.807) is 30.3 Å². The van der Waals surface area contributed by atoms with Crippen molar-refractivity contribution in [3.63, 3.8) is 0 Å². The molecule has 8 nitrogen and oxygen atoms in total. The smallest absolute Gasteiger partial charge is 0.282 e.